The van der Waals surface area contributed by atoms with Crippen LogP contribution in [0.3, 0.4) is 0 Å². The SMILES string of the molecule is CC(C)(C)c1nn2cc(-c3ccc(NS(C)(=O)=O)cc3)[nH]c2c1N=Nc1ccc(S(=O)(=O)O)cc1F. The molecule has 0 atom stereocenters. The van der Waals surface area contributed by atoms with Gasteiger partial charge >= 0.3 is 0 Å². The van der Waals surface area contributed by atoms with Crippen molar-refractivity contribution in [2.24, 2.45) is 10.2 Å². The smallest absolute Gasteiger partial charge is 0.294 e. The Kier molecular flexibility index (Phi) is 6.22. The van der Waals surface area contributed by atoms with E-state index < -0.39 is 36.3 Å². The predicted molar refractivity (Wildman–Crippen MR) is 133 cm³/mol. The standard InChI is InChI=1S/C22H23FN6O5S2/c1-22(2,3)20-19(26-25-17-10-9-15(11-16(17)23)36(32,33)34)21-24-18(12-29(21)27-20)13-5-7-14(8-6-13)28-35(4,30)31/h5-12,24,28H,1-4H3,(H,32,33,34). The Morgan fingerprint density at radius 1 is 1.06 bits per heavy atom. The lowest BCUT2D eigenvalue weighted by molar-refractivity contribution is 0.482. The summed E-state index contributed by atoms with van der Waals surface area (Å²) in [6.45, 7) is 5.80. The molecule has 190 valence electrons. The second-order valence-corrected chi connectivity index (χ2v) is 12.3. The van der Waals surface area contributed by atoms with Gasteiger partial charge in [0, 0.05) is 11.1 Å². The first-order valence-electron chi connectivity index (χ1n) is 10.5. The van der Waals surface area contributed by atoms with Crippen LogP contribution >= 0.6 is 0 Å². The lowest BCUT2D eigenvalue weighted by atomic mass is 9.91. The highest BCUT2D eigenvalue weighted by Crippen LogP contribution is 2.36. The maximum atomic E-state index is 14.4. The van der Waals surface area contributed by atoms with Crippen LogP contribution < -0.4 is 4.72 Å². The van der Waals surface area contributed by atoms with Crippen molar-refractivity contribution >= 4 is 42.9 Å². The summed E-state index contributed by atoms with van der Waals surface area (Å²) < 4.78 is 72.8. The van der Waals surface area contributed by atoms with Gasteiger partial charge < -0.3 is 4.98 Å². The van der Waals surface area contributed by atoms with E-state index in [0.717, 1.165) is 24.0 Å². The predicted octanol–water partition coefficient (Wildman–Crippen LogP) is 4.80. The number of fused-ring (bicyclic) bond motifs is 1. The van der Waals surface area contributed by atoms with Gasteiger partial charge in [0.2, 0.25) is 10.0 Å². The molecule has 0 bridgehead atoms. The summed E-state index contributed by atoms with van der Waals surface area (Å²) in [7, 11) is -7.95. The Balaban J connectivity index is 1.74. The number of imidazole rings is 1. The van der Waals surface area contributed by atoms with Crippen molar-refractivity contribution in [2.75, 3.05) is 11.0 Å². The van der Waals surface area contributed by atoms with Gasteiger partial charge in [-0.05, 0) is 35.9 Å². The Hall–Kier alpha value is -3.62. The van der Waals surface area contributed by atoms with Crippen molar-refractivity contribution in [2.45, 2.75) is 31.1 Å². The first-order chi connectivity index (χ1) is 16.6. The number of hydrogen-bond acceptors (Lipinski definition) is 7. The summed E-state index contributed by atoms with van der Waals surface area (Å²) in [5, 5.41) is 12.8. The maximum absolute atomic E-state index is 14.4. The fourth-order valence-electron chi connectivity index (χ4n) is 3.43. The summed E-state index contributed by atoms with van der Waals surface area (Å²) >= 11 is 0. The molecule has 0 radical (unpaired) electrons. The highest BCUT2D eigenvalue weighted by Gasteiger charge is 2.26. The molecule has 2 heterocycles. The molecule has 3 N–H and O–H groups in total. The number of hydrogen-bond donors (Lipinski definition) is 3. The van der Waals surface area contributed by atoms with Crippen molar-refractivity contribution in [1.82, 2.24) is 14.6 Å². The van der Waals surface area contributed by atoms with E-state index in [-0.39, 0.29) is 5.69 Å². The second-order valence-electron chi connectivity index (χ2n) is 9.15. The van der Waals surface area contributed by atoms with Gasteiger partial charge in [-0.1, -0.05) is 32.9 Å². The molecule has 0 saturated carbocycles. The number of azo groups is 1. The molecule has 0 aliphatic rings. The molecule has 4 rings (SSSR count). The number of halogens is 1. The first-order valence-corrected chi connectivity index (χ1v) is 13.8. The molecule has 0 aliphatic carbocycles. The number of aromatic amines is 1. The molecular weight excluding hydrogens is 511 g/mol. The van der Waals surface area contributed by atoms with Gasteiger partial charge in [-0.15, -0.1) is 10.2 Å². The minimum atomic E-state index is -4.55. The monoisotopic (exact) mass is 534 g/mol. The van der Waals surface area contributed by atoms with Crippen molar-refractivity contribution in [3.05, 3.63) is 60.2 Å². The topological polar surface area (TPSA) is 158 Å². The van der Waals surface area contributed by atoms with E-state index in [1.165, 1.54) is 0 Å². The van der Waals surface area contributed by atoms with E-state index in [0.29, 0.717) is 34.5 Å². The summed E-state index contributed by atoms with van der Waals surface area (Å²) in [4.78, 5) is 2.63. The Labute approximate surface area is 206 Å². The van der Waals surface area contributed by atoms with Crippen LogP contribution in [0.5, 0.6) is 0 Å². The van der Waals surface area contributed by atoms with Crippen LogP contribution in [0.2, 0.25) is 0 Å². The zero-order valence-electron chi connectivity index (χ0n) is 19.7. The van der Waals surface area contributed by atoms with Crippen molar-refractivity contribution in [3.63, 3.8) is 0 Å². The van der Waals surface area contributed by atoms with E-state index in [1.807, 2.05) is 20.8 Å². The van der Waals surface area contributed by atoms with Crippen LogP contribution in [0.25, 0.3) is 16.9 Å². The molecule has 4 aromatic rings. The Bertz CT molecular complexity index is 1700. The molecular formula is C22H23FN6O5S2. The van der Waals surface area contributed by atoms with Gasteiger partial charge in [-0.2, -0.15) is 13.5 Å². The highest BCUT2D eigenvalue weighted by molar-refractivity contribution is 7.92. The number of benzene rings is 2. The third kappa shape index (κ3) is 5.45. The average Bonchev–Trinajstić information content (AvgIpc) is 3.30. The number of sulfonamides is 1. The molecule has 14 heteroatoms. The van der Waals surface area contributed by atoms with Crippen molar-refractivity contribution in [1.29, 1.82) is 0 Å². The number of H-pyrrole nitrogens is 1. The normalized spacial score (nSPS) is 13.1. The molecule has 2 aromatic heterocycles. The largest absolute Gasteiger partial charge is 0.337 e. The Morgan fingerprint density at radius 2 is 1.72 bits per heavy atom. The molecule has 0 fully saturated rings. The Morgan fingerprint density at radius 3 is 2.28 bits per heavy atom. The van der Waals surface area contributed by atoms with Gasteiger partial charge in [0.25, 0.3) is 10.1 Å². The van der Waals surface area contributed by atoms with Crippen molar-refractivity contribution in [3.8, 4) is 11.3 Å². The van der Waals surface area contributed by atoms with Crippen LogP contribution in [0, 0.1) is 5.82 Å². The summed E-state index contributed by atoms with van der Waals surface area (Å²) in [5.74, 6) is -0.968. The number of nitrogens with one attached hydrogen (secondary N) is 2. The van der Waals surface area contributed by atoms with Crippen LogP contribution in [-0.2, 0) is 25.6 Å². The van der Waals surface area contributed by atoms with Crippen LogP contribution in [0.4, 0.5) is 21.5 Å². The lowest BCUT2D eigenvalue weighted by Crippen LogP contribution is -2.12. The minimum Gasteiger partial charge on any atom is -0.337 e. The molecule has 0 unspecified atom stereocenters. The van der Waals surface area contributed by atoms with E-state index >= 15 is 0 Å². The number of aromatic nitrogens is 3. The molecule has 36 heavy (non-hydrogen) atoms. The summed E-state index contributed by atoms with van der Waals surface area (Å²) in [6, 6.07) is 9.51. The van der Waals surface area contributed by atoms with E-state index in [2.05, 4.69) is 25.0 Å². The summed E-state index contributed by atoms with van der Waals surface area (Å²) in [5.41, 5.74) is 2.64. The molecule has 0 saturated heterocycles. The summed E-state index contributed by atoms with van der Waals surface area (Å²) in [6.07, 6.45) is 2.81. The third-order valence-corrected chi connectivity index (χ3v) is 6.53. The molecule has 0 aliphatic heterocycles. The fourth-order valence-corrected chi connectivity index (χ4v) is 4.49. The van der Waals surface area contributed by atoms with E-state index in [4.69, 9.17) is 4.55 Å². The molecule has 11 nitrogen and oxygen atoms in total. The zero-order chi connectivity index (χ0) is 26.5. The van der Waals surface area contributed by atoms with Gasteiger partial charge in [-0.25, -0.2) is 17.3 Å². The van der Waals surface area contributed by atoms with Gasteiger partial charge in [-0.3, -0.25) is 9.27 Å². The van der Waals surface area contributed by atoms with Crippen LogP contribution in [0.15, 0.2) is 63.8 Å². The highest BCUT2D eigenvalue weighted by atomic mass is 32.2. The maximum Gasteiger partial charge on any atom is 0.294 e. The first kappa shape index (κ1) is 25.5. The van der Waals surface area contributed by atoms with E-state index in [1.54, 1.807) is 35.0 Å². The van der Waals surface area contributed by atoms with E-state index in [9.17, 15) is 21.2 Å². The van der Waals surface area contributed by atoms with Crippen LogP contribution in [0.1, 0.15) is 26.5 Å². The second kappa shape index (κ2) is 8.80. The quantitative estimate of drug-likeness (QED) is 0.238. The minimum absolute atomic E-state index is 0.220. The van der Waals surface area contributed by atoms with Gasteiger partial charge in [0.1, 0.15) is 5.69 Å². The number of rotatable bonds is 6. The van der Waals surface area contributed by atoms with Crippen molar-refractivity contribution < 1.29 is 25.8 Å². The average molecular weight is 535 g/mol. The van der Waals surface area contributed by atoms with Gasteiger partial charge in [0.05, 0.1) is 28.7 Å². The fraction of sp³-hybridized carbons (Fsp3) is 0.227. The van der Waals surface area contributed by atoms with Crippen LogP contribution in [-0.4, -0.2) is 42.2 Å². The van der Waals surface area contributed by atoms with Gasteiger partial charge in [0.15, 0.2) is 17.2 Å². The number of nitrogens with zero attached hydrogens (tertiary/aromatic N) is 4. The number of anilines is 1. The lowest BCUT2D eigenvalue weighted by Gasteiger charge is -2.15. The third-order valence-electron chi connectivity index (χ3n) is 5.07. The zero-order valence-corrected chi connectivity index (χ0v) is 21.3. The molecule has 2 aromatic carbocycles. The molecule has 0 spiro atoms. The molecule has 0 amide bonds.